The van der Waals surface area contributed by atoms with Gasteiger partial charge in [-0.05, 0) is 56.5 Å². The second kappa shape index (κ2) is 9.04. The molecule has 1 aliphatic heterocycles. The minimum absolute atomic E-state index is 0.0585. The number of nitrogens with one attached hydrogen (secondary N) is 1. The highest BCUT2D eigenvalue weighted by molar-refractivity contribution is 6.30. The van der Waals surface area contributed by atoms with Gasteiger partial charge in [-0.3, -0.25) is 4.79 Å². The van der Waals surface area contributed by atoms with Gasteiger partial charge in [0.15, 0.2) is 0 Å². The van der Waals surface area contributed by atoms with Crippen molar-refractivity contribution < 1.29 is 9.18 Å². The molecule has 0 bridgehead atoms. The van der Waals surface area contributed by atoms with Gasteiger partial charge in [-0.1, -0.05) is 24.1 Å². The second-order valence-corrected chi connectivity index (χ2v) is 6.44. The average molecular weight is 339 g/mol. The summed E-state index contributed by atoms with van der Waals surface area (Å²) < 4.78 is 13.0. The van der Waals surface area contributed by atoms with E-state index in [1.54, 1.807) is 12.1 Å². The Morgan fingerprint density at radius 2 is 2.30 bits per heavy atom. The summed E-state index contributed by atoms with van der Waals surface area (Å²) in [6.45, 7) is 5.13. The van der Waals surface area contributed by atoms with Crippen molar-refractivity contribution in [3.05, 3.63) is 40.7 Å². The maximum atomic E-state index is 13.0. The molecule has 0 radical (unpaired) electrons. The molecule has 3 nitrogen and oxygen atoms in total. The number of hydrogen-bond acceptors (Lipinski definition) is 2. The number of carbonyl (C=O) groups is 1. The third kappa shape index (κ3) is 5.96. The number of hydrogen-bond donors (Lipinski definition) is 1. The van der Waals surface area contributed by atoms with Crippen LogP contribution in [0.4, 0.5) is 4.39 Å². The zero-order chi connectivity index (χ0) is 16.7. The topological polar surface area (TPSA) is 32.3 Å². The predicted molar refractivity (Wildman–Crippen MR) is 93.0 cm³/mol. The molecule has 1 amide bonds. The van der Waals surface area contributed by atoms with Crippen LogP contribution in [0.15, 0.2) is 24.3 Å². The van der Waals surface area contributed by atoms with Crippen LogP contribution in [-0.4, -0.2) is 36.5 Å². The zero-order valence-electron chi connectivity index (χ0n) is 13.5. The third-order valence-corrected chi connectivity index (χ3v) is 4.52. The van der Waals surface area contributed by atoms with Gasteiger partial charge < -0.3 is 10.2 Å². The smallest absolute Gasteiger partial charge is 0.243 e. The highest BCUT2D eigenvalue weighted by atomic mass is 35.5. The molecule has 1 N–H and O–H groups in total. The quantitative estimate of drug-likeness (QED) is 0.630. The number of halogens is 2. The van der Waals surface area contributed by atoms with Gasteiger partial charge in [0.05, 0.1) is 5.02 Å². The summed E-state index contributed by atoms with van der Waals surface area (Å²) in [5.74, 6) is -0.600. The Kier molecular flexibility index (Phi) is 7.06. The lowest BCUT2D eigenvalue weighted by molar-refractivity contribution is -0.116. The molecule has 1 heterocycles. The largest absolute Gasteiger partial charge is 0.353 e. The minimum atomic E-state index is -0.458. The van der Waals surface area contributed by atoms with E-state index in [0.29, 0.717) is 18.2 Å². The van der Waals surface area contributed by atoms with E-state index in [9.17, 15) is 9.18 Å². The Labute approximate surface area is 142 Å². The molecule has 0 spiro atoms. The third-order valence-electron chi connectivity index (χ3n) is 4.23. The van der Waals surface area contributed by atoms with Crippen molar-refractivity contribution >= 4 is 23.6 Å². The maximum absolute atomic E-state index is 13.0. The normalized spacial score (nSPS) is 19.2. The molecular formula is C18H24ClFN2O. The molecule has 23 heavy (non-hydrogen) atoms. The minimum Gasteiger partial charge on any atom is -0.353 e. The average Bonchev–Trinajstić information content (AvgIpc) is 2.54. The van der Waals surface area contributed by atoms with Crippen LogP contribution in [0, 0.1) is 5.82 Å². The molecule has 0 saturated carbocycles. The molecule has 1 atom stereocenters. The van der Waals surface area contributed by atoms with Crippen molar-refractivity contribution in [3.8, 4) is 0 Å². The Bertz CT molecular complexity index is 562. The Morgan fingerprint density at radius 3 is 3.04 bits per heavy atom. The summed E-state index contributed by atoms with van der Waals surface area (Å²) in [5, 5.41) is 2.93. The lowest BCUT2D eigenvalue weighted by Gasteiger charge is -2.33. The lowest BCUT2D eigenvalue weighted by Crippen LogP contribution is -2.39. The Hall–Kier alpha value is -1.39. The van der Waals surface area contributed by atoms with E-state index in [-0.39, 0.29) is 10.9 Å². The van der Waals surface area contributed by atoms with Gasteiger partial charge in [-0.15, -0.1) is 0 Å². The number of carbonyl (C=O) groups excluding carboxylic acids is 1. The van der Waals surface area contributed by atoms with Crippen LogP contribution in [-0.2, 0) is 4.79 Å². The van der Waals surface area contributed by atoms with Gasteiger partial charge in [0.1, 0.15) is 5.82 Å². The molecule has 1 aromatic carbocycles. The number of benzene rings is 1. The summed E-state index contributed by atoms with van der Waals surface area (Å²) in [4.78, 5) is 14.3. The molecule has 126 valence electrons. The second-order valence-electron chi connectivity index (χ2n) is 6.03. The van der Waals surface area contributed by atoms with Crippen molar-refractivity contribution in [2.45, 2.75) is 38.6 Å². The van der Waals surface area contributed by atoms with Gasteiger partial charge >= 0.3 is 0 Å². The fourth-order valence-electron chi connectivity index (χ4n) is 2.83. The summed E-state index contributed by atoms with van der Waals surface area (Å²) in [6, 6.07) is 5.03. The molecule has 0 aromatic heterocycles. The van der Waals surface area contributed by atoms with E-state index in [2.05, 4.69) is 17.1 Å². The van der Waals surface area contributed by atoms with Crippen molar-refractivity contribution in [3.63, 3.8) is 0 Å². The number of likely N-dealkylation sites (tertiary alicyclic amines) is 1. The van der Waals surface area contributed by atoms with Gasteiger partial charge in [0.2, 0.25) is 5.91 Å². The van der Waals surface area contributed by atoms with E-state index in [1.165, 1.54) is 44.0 Å². The highest BCUT2D eigenvalue weighted by Gasteiger charge is 2.16. The first-order valence-electron chi connectivity index (χ1n) is 8.21. The predicted octanol–water partition coefficient (Wildman–Crippen LogP) is 3.87. The molecule has 0 unspecified atom stereocenters. The zero-order valence-corrected chi connectivity index (χ0v) is 14.3. The monoisotopic (exact) mass is 338 g/mol. The number of amides is 1. The van der Waals surface area contributed by atoms with Crippen molar-refractivity contribution in [2.75, 3.05) is 19.6 Å². The number of nitrogens with zero attached hydrogens (tertiary/aromatic N) is 1. The molecule has 1 saturated heterocycles. The fourth-order valence-corrected chi connectivity index (χ4v) is 3.02. The number of rotatable bonds is 6. The first kappa shape index (κ1) is 18.0. The summed E-state index contributed by atoms with van der Waals surface area (Å²) >= 11 is 5.70. The van der Waals surface area contributed by atoms with E-state index >= 15 is 0 Å². The first-order chi connectivity index (χ1) is 11.1. The number of piperidine rings is 1. The maximum Gasteiger partial charge on any atom is 0.243 e. The van der Waals surface area contributed by atoms with Gasteiger partial charge in [0.25, 0.3) is 0 Å². The van der Waals surface area contributed by atoms with Crippen LogP contribution in [0.5, 0.6) is 0 Å². The van der Waals surface area contributed by atoms with Crippen LogP contribution in [0.1, 0.15) is 38.2 Å². The Morgan fingerprint density at radius 1 is 1.48 bits per heavy atom. The molecule has 1 fully saturated rings. The highest BCUT2D eigenvalue weighted by Crippen LogP contribution is 2.17. The van der Waals surface area contributed by atoms with Crippen molar-refractivity contribution in [2.24, 2.45) is 0 Å². The molecule has 1 aromatic rings. The molecule has 0 aliphatic carbocycles. The van der Waals surface area contributed by atoms with Crippen molar-refractivity contribution in [1.82, 2.24) is 10.2 Å². The molecule has 2 rings (SSSR count). The van der Waals surface area contributed by atoms with Crippen LogP contribution >= 0.6 is 11.6 Å². The van der Waals surface area contributed by atoms with Gasteiger partial charge in [0, 0.05) is 25.2 Å². The fraction of sp³-hybridized carbons (Fsp3) is 0.500. The van der Waals surface area contributed by atoms with Gasteiger partial charge in [-0.25, -0.2) is 4.39 Å². The molecule has 1 aliphatic rings. The van der Waals surface area contributed by atoms with E-state index < -0.39 is 5.82 Å². The van der Waals surface area contributed by atoms with Crippen molar-refractivity contribution in [1.29, 1.82) is 0 Å². The summed E-state index contributed by atoms with van der Waals surface area (Å²) in [5.41, 5.74) is 0.702. The van der Waals surface area contributed by atoms with E-state index in [4.69, 9.17) is 11.6 Å². The van der Waals surface area contributed by atoms with E-state index in [1.807, 2.05) is 0 Å². The molecule has 5 heteroatoms. The van der Waals surface area contributed by atoms with Crippen LogP contribution in [0.25, 0.3) is 6.08 Å². The standard InChI is InChI=1S/C18H24ClFN2O/c1-14-5-2-3-11-22(14)12-4-10-21-18(23)9-7-15-6-8-17(20)16(19)13-15/h6-9,13-14H,2-5,10-12H2,1H3,(H,21,23)/b9-7+/t14-/m1/s1. The SMILES string of the molecule is C[C@@H]1CCCCN1CCCNC(=O)/C=C/c1ccc(F)c(Cl)c1. The summed E-state index contributed by atoms with van der Waals surface area (Å²) in [6.07, 6.45) is 7.91. The van der Waals surface area contributed by atoms with Crippen LogP contribution < -0.4 is 5.32 Å². The Balaban J connectivity index is 1.68. The van der Waals surface area contributed by atoms with Crippen LogP contribution in [0.2, 0.25) is 5.02 Å². The molecular weight excluding hydrogens is 315 g/mol. The first-order valence-corrected chi connectivity index (χ1v) is 8.59. The summed E-state index contributed by atoms with van der Waals surface area (Å²) in [7, 11) is 0. The van der Waals surface area contributed by atoms with E-state index in [0.717, 1.165) is 13.0 Å². The lowest BCUT2D eigenvalue weighted by atomic mass is 10.0. The van der Waals surface area contributed by atoms with Crippen LogP contribution in [0.3, 0.4) is 0 Å². The van der Waals surface area contributed by atoms with Gasteiger partial charge in [-0.2, -0.15) is 0 Å².